The van der Waals surface area contributed by atoms with Crippen molar-refractivity contribution in [2.45, 2.75) is 19.8 Å². The van der Waals surface area contributed by atoms with Crippen LogP contribution in [-0.2, 0) is 4.79 Å². The van der Waals surface area contributed by atoms with Crippen LogP contribution in [0.2, 0.25) is 0 Å². The Kier molecular flexibility index (Phi) is 5.21. The molecule has 1 rings (SSSR count). The average molecular weight is 242 g/mol. The molecule has 1 fully saturated rings. The summed E-state index contributed by atoms with van der Waals surface area (Å²) in [4.78, 5) is 13.9. The predicted octanol–water partition coefficient (Wildman–Crippen LogP) is -0.173. The summed E-state index contributed by atoms with van der Waals surface area (Å²) in [7, 11) is 2.09. The van der Waals surface area contributed by atoms with Gasteiger partial charge in [-0.1, -0.05) is 5.16 Å². The highest BCUT2D eigenvalue weighted by molar-refractivity contribution is 6.01. The van der Waals surface area contributed by atoms with Crippen molar-refractivity contribution < 1.29 is 10.0 Å². The van der Waals surface area contributed by atoms with Gasteiger partial charge in [-0.3, -0.25) is 4.79 Å². The van der Waals surface area contributed by atoms with Gasteiger partial charge in [0, 0.05) is 13.1 Å². The molecule has 17 heavy (non-hydrogen) atoms. The molecule has 98 valence electrons. The molecule has 1 heterocycles. The van der Waals surface area contributed by atoms with Crippen LogP contribution >= 0.6 is 0 Å². The van der Waals surface area contributed by atoms with Crippen molar-refractivity contribution in [3.05, 3.63) is 0 Å². The number of nitrogens with one attached hydrogen (secondary N) is 1. The number of rotatable bonds is 4. The van der Waals surface area contributed by atoms with E-state index >= 15 is 0 Å². The van der Waals surface area contributed by atoms with E-state index in [-0.39, 0.29) is 11.7 Å². The molecule has 6 nitrogen and oxygen atoms in total. The Balaban J connectivity index is 2.32. The summed E-state index contributed by atoms with van der Waals surface area (Å²) in [6.07, 6.45) is 2.31. The fourth-order valence-electron chi connectivity index (χ4n) is 2.06. The zero-order chi connectivity index (χ0) is 12.8. The standard InChI is InChI=1S/C11H22N4O2/c1-8(10(12)14-17)11(16)13-6-9-4-3-5-15(2)7-9/h8-9,17H,3-7H2,1-2H3,(H2,12,14)(H,13,16). The van der Waals surface area contributed by atoms with E-state index in [1.165, 1.54) is 6.42 Å². The lowest BCUT2D eigenvalue weighted by atomic mass is 9.98. The molecule has 1 amide bonds. The molecule has 1 aliphatic heterocycles. The topological polar surface area (TPSA) is 91.0 Å². The van der Waals surface area contributed by atoms with Crippen molar-refractivity contribution in [2.24, 2.45) is 22.7 Å². The molecule has 0 bridgehead atoms. The first kappa shape index (κ1) is 13.8. The van der Waals surface area contributed by atoms with Crippen molar-refractivity contribution >= 4 is 11.7 Å². The van der Waals surface area contributed by atoms with Crippen molar-refractivity contribution in [3.8, 4) is 0 Å². The van der Waals surface area contributed by atoms with Crippen LogP contribution in [0.4, 0.5) is 0 Å². The first-order valence-corrected chi connectivity index (χ1v) is 5.98. The summed E-state index contributed by atoms with van der Waals surface area (Å²) in [5.74, 6) is -0.324. The predicted molar refractivity (Wildman–Crippen MR) is 65.8 cm³/mol. The minimum atomic E-state index is -0.582. The second-order valence-electron chi connectivity index (χ2n) is 4.76. The van der Waals surface area contributed by atoms with Crippen LogP contribution in [0.15, 0.2) is 5.16 Å². The molecule has 0 saturated carbocycles. The molecule has 6 heteroatoms. The molecule has 1 aliphatic rings. The summed E-state index contributed by atoms with van der Waals surface area (Å²) < 4.78 is 0. The lowest BCUT2D eigenvalue weighted by molar-refractivity contribution is -0.122. The van der Waals surface area contributed by atoms with E-state index in [9.17, 15) is 4.79 Å². The lowest BCUT2D eigenvalue weighted by Gasteiger charge is -2.29. The van der Waals surface area contributed by atoms with Gasteiger partial charge >= 0.3 is 0 Å². The SMILES string of the molecule is CC(C(=O)NCC1CCCN(C)C1)C(N)=NO. The first-order valence-electron chi connectivity index (χ1n) is 5.98. The number of carbonyl (C=O) groups is 1. The fourth-order valence-corrected chi connectivity index (χ4v) is 2.06. The van der Waals surface area contributed by atoms with Crippen LogP contribution < -0.4 is 11.1 Å². The number of carbonyl (C=O) groups excluding carboxylic acids is 1. The first-order chi connectivity index (χ1) is 8.04. The molecular formula is C11H22N4O2. The summed E-state index contributed by atoms with van der Waals surface area (Å²) >= 11 is 0. The normalized spacial score (nSPS) is 24.4. The average Bonchev–Trinajstić information content (AvgIpc) is 2.34. The van der Waals surface area contributed by atoms with Crippen LogP contribution in [0.5, 0.6) is 0 Å². The molecule has 2 unspecified atom stereocenters. The van der Waals surface area contributed by atoms with E-state index in [1.807, 2.05) is 0 Å². The highest BCUT2D eigenvalue weighted by atomic mass is 16.4. The number of hydrogen-bond donors (Lipinski definition) is 3. The monoisotopic (exact) mass is 242 g/mol. The summed E-state index contributed by atoms with van der Waals surface area (Å²) in [6, 6.07) is 0. The molecule has 4 N–H and O–H groups in total. The van der Waals surface area contributed by atoms with Gasteiger partial charge in [-0.25, -0.2) is 0 Å². The third kappa shape index (κ3) is 4.22. The Morgan fingerprint density at radius 2 is 2.41 bits per heavy atom. The Morgan fingerprint density at radius 1 is 1.71 bits per heavy atom. The maximum Gasteiger partial charge on any atom is 0.230 e. The van der Waals surface area contributed by atoms with E-state index in [4.69, 9.17) is 10.9 Å². The number of amidine groups is 1. The van der Waals surface area contributed by atoms with E-state index < -0.39 is 5.92 Å². The van der Waals surface area contributed by atoms with E-state index in [0.29, 0.717) is 12.5 Å². The third-order valence-electron chi connectivity index (χ3n) is 3.24. The number of oxime groups is 1. The third-order valence-corrected chi connectivity index (χ3v) is 3.24. The fraction of sp³-hybridized carbons (Fsp3) is 0.818. The van der Waals surface area contributed by atoms with Gasteiger partial charge in [0.15, 0.2) is 5.84 Å². The van der Waals surface area contributed by atoms with Crippen LogP contribution in [0.25, 0.3) is 0 Å². The van der Waals surface area contributed by atoms with Gasteiger partial charge in [-0.15, -0.1) is 0 Å². The van der Waals surface area contributed by atoms with E-state index in [0.717, 1.165) is 19.5 Å². The van der Waals surface area contributed by atoms with Crippen molar-refractivity contribution in [1.82, 2.24) is 10.2 Å². The van der Waals surface area contributed by atoms with Crippen molar-refractivity contribution in [1.29, 1.82) is 0 Å². The molecule has 0 aromatic carbocycles. The minimum absolute atomic E-state index is 0.0525. The minimum Gasteiger partial charge on any atom is -0.409 e. The largest absolute Gasteiger partial charge is 0.409 e. The second-order valence-corrected chi connectivity index (χ2v) is 4.76. The number of nitrogens with zero attached hydrogens (tertiary/aromatic N) is 2. The van der Waals surface area contributed by atoms with Gasteiger partial charge in [0.2, 0.25) is 5.91 Å². The highest BCUT2D eigenvalue weighted by Gasteiger charge is 2.21. The summed E-state index contributed by atoms with van der Waals surface area (Å²) in [5, 5.41) is 14.2. The molecular weight excluding hydrogens is 220 g/mol. The number of hydrogen-bond acceptors (Lipinski definition) is 4. The molecule has 0 radical (unpaired) electrons. The quantitative estimate of drug-likeness (QED) is 0.276. The Bertz CT molecular complexity index is 293. The zero-order valence-corrected chi connectivity index (χ0v) is 10.5. The van der Waals surface area contributed by atoms with Crippen LogP contribution in [-0.4, -0.2) is 48.5 Å². The maximum atomic E-state index is 11.7. The van der Waals surface area contributed by atoms with Crippen molar-refractivity contribution in [3.63, 3.8) is 0 Å². The number of amides is 1. The summed E-state index contributed by atoms with van der Waals surface area (Å²) in [5.41, 5.74) is 5.38. The number of nitrogens with two attached hydrogens (primary N) is 1. The van der Waals surface area contributed by atoms with E-state index in [2.05, 4.69) is 22.4 Å². The van der Waals surface area contributed by atoms with Gasteiger partial charge in [0.05, 0.1) is 5.92 Å². The van der Waals surface area contributed by atoms with Crippen LogP contribution in [0, 0.1) is 11.8 Å². The van der Waals surface area contributed by atoms with Crippen LogP contribution in [0.1, 0.15) is 19.8 Å². The van der Waals surface area contributed by atoms with Gasteiger partial charge in [0.1, 0.15) is 0 Å². The molecule has 0 aliphatic carbocycles. The lowest BCUT2D eigenvalue weighted by Crippen LogP contribution is -2.42. The van der Waals surface area contributed by atoms with E-state index in [1.54, 1.807) is 6.92 Å². The van der Waals surface area contributed by atoms with Gasteiger partial charge < -0.3 is 21.2 Å². The highest BCUT2D eigenvalue weighted by Crippen LogP contribution is 2.13. The maximum absolute atomic E-state index is 11.7. The molecule has 0 spiro atoms. The molecule has 0 aromatic rings. The molecule has 1 saturated heterocycles. The second kappa shape index (κ2) is 6.44. The molecule has 2 atom stereocenters. The van der Waals surface area contributed by atoms with Crippen molar-refractivity contribution in [2.75, 3.05) is 26.7 Å². The number of likely N-dealkylation sites (tertiary alicyclic amines) is 1. The summed E-state index contributed by atoms with van der Waals surface area (Å²) in [6.45, 7) is 4.42. The number of piperidine rings is 1. The van der Waals surface area contributed by atoms with Crippen LogP contribution in [0.3, 0.4) is 0 Å². The molecule has 0 aromatic heterocycles. The van der Waals surface area contributed by atoms with Gasteiger partial charge in [-0.05, 0) is 39.3 Å². The zero-order valence-electron chi connectivity index (χ0n) is 10.5. The van der Waals surface area contributed by atoms with Gasteiger partial charge in [-0.2, -0.15) is 0 Å². The van der Waals surface area contributed by atoms with Gasteiger partial charge in [0.25, 0.3) is 0 Å². The Hall–Kier alpha value is -1.30. The smallest absolute Gasteiger partial charge is 0.230 e. The Labute approximate surface area is 102 Å². The Morgan fingerprint density at radius 3 is 3.00 bits per heavy atom.